The van der Waals surface area contributed by atoms with E-state index in [1.54, 1.807) is 18.2 Å². The molecule has 17 heavy (non-hydrogen) atoms. The number of pyridine rings is 1. The Morgan fingerprint density at radius 1 is 1.41 bits per heavy atom. The number of hydrogen-bond donors (Lipinski definition) is 1. The van der Waals surface area contributed by atoms with E-state index < -0.39 is 5.97 Å². The second-order valence-corrected chi connectivity index (χ2v) is 4.33. The van der Waals surface area contributed by atoms with Crippen molar-refractivity contribution in [2.75, 3.05) is 0 Å². The monoisotopic (exact) mass is 269 g/mol. The summed E-state index contributed by atoms with van der Waals surface area (Å²) in [6, 6.07) is 5.13. The highest BCUT2D eigenvalue weighted by atomic mass is 35.5. The normalized spacial score (nSPS) is 10.8. The average Bonchev–Trinajstić information content (AvgIpc) is 2.29. The third kappa shape index (κ3) is 1.96. The lowest BCUT2D eigenvalue weighted by Gasteiger charge is -2.09. The van der Waals surface area contributed by atoms with E-state index in [4.69, 9.17) is 28.3 Å². The second kappa shape index (κ2) is 4.51. The summed E-state index contributed by atoms with van der Waals surface area (Å²) in [6.07, 6.45) is 0.489. The molecule has 0 aliphatic rings. The SMILES string of the molecule is CCc1nc2c(Cl)cccc2c(Cl)c1C(=O)O. The van der Waals surface area contributed by atoms with Crippen molar-refractivity contribution in [2.24, 2.45) is 0 Å². The second-order valence-electron chi connectivity index (χ2n) is 3.54. The molecule has 0 atom stereocenters. The maximum Gasteiger partial charge on any atom is 0.339 e. The zero-order valence-electron chi connectivity index (χ0n) is 9.00. The van der Waals surface area contributed by atoms with Gasteiger partial charge >= 0.3 is 5.97 Å². The van der Waals surface area contributed by atoms with E-state index in [9.17, 15) is 4.79 Å². The van der Waals surface area contributed by atoms with Gasteiger partial charge in [0.05, 0.1) is 21.3 Å². The molecule has 0 saturated carbocycles. The molecule has 0 radical (unpaired) electrons. The van der Waals surface area contributed by atoms with E-state index >= 15 is 0 Å². The van der Waals surface area contributed by atoms with Crippen LogP contribution in [0.5, 0.6) is 0 Å². The molecule has 1 heterocycles. The number of rotatable bonds is 2. The first-order chi connectivity index (χ1) is 8.06. The Balaban J connectivity index is 2.93. The van der Waals surface area contributed by atoms with Crippen molar-refractivity contribution in [3.63, 3.8) is 0 Å². The summed E-state index contributed by atoms with van der Waals surface area (Å²) >= 11 is 12.1. The van der Waals surface area contributed by atoms with Gasteiger partial charge in [-0.25, -0.2) is 4.79 Å². The summed E-state index contributed by atoms with van der Waals surface area (Å²) < 4.78 is 0. The van der Waals surface area contributed by atoms with Crippen molar-refractivity contribution in [2.45, 2.75) is 13.3 Å². The van der Waals surface area contributed by atoms with Crippen molar-refractivity contribution in [3.05, 3.63) is 39.5 Å². The van der Waals surface area contributed by atoms with Crippen molar-refractivity contribution in [1.82, 2.24) is 4.98 Å². The van der Waals surface area contributed by atoms with Crippen LogP contribution in [0.1, 0.15) is 23.0 Å². The molecule has 0 spiro atoms. The number of aromatic carboxylic acids is 1. The van der Waals surface area contributed by atoms with Crippen LogP contribution in [0.15, 0.2) is 18.2 Å². The molecule has 0 unspecified atom stereocenters. The van der Waals surface area contributed by atoms with Crippen molar-refractivity contribution < 1.29 is 9.90 Å². The van der Waals surface area contributed by atoms with Gasteiger partial charge in [0.15, 0.2) is 0 Å². The molecule has 3 nitrogen and oxygen atoms in total. The third-order valence-electron chi connectivity index (χ3n) is 2.53. The minimum absolute atomic E-state index is 0.0592. The molecule has 0 fully saturated rings. The Bertz CT molecular complexity index is 611. The fraction of sp³-hybridized carbons (Fsp3) is 0.167. The molecule has 0 amide bonds. The molecule has 1 aromatic carbocycles. The summed E-state index contributed by atoms with van der Waals surface area (Å²) in [5.74, 6) is -1.07. The Kier molecular flexibility index (Phi) is 3.22. The highest BCUT2D eigenvalue weighted by molar-refractivity contribution is 6.41. The van der Waals surface area contributed by atoms with Gasteiger partial charge in [-0.1, -0.05) is 42.3 Å². The first kappa shape index (κ1) is 12.1. The molecule has 1 N–H and O–H groups in total. The largest absolute Gasteiger partial charge is 0.478 e. The summed E-state index contributed by atoms with van der Waals surface area (Å²) in [5, 5.41) is 10.4. The van der Waals surface area contributed by atoms with E-state index in [0.717, 1.165) is 0 Å². The van der Waals surface area contributed by atoms with Gasteiger partial charge in [-0.3, -0.25) is 4.98 Å². The number of para-hydroxylation sites is 1. The van der Waals surface area contributed by atoms with Gasteiger partial charge in [-0.05, 0) is 12.5 Å². The Labute approximate surface area is 108 Å². The van der Waals surface area contributed by atoms with Crippen LogP contribution in [-0.4, -0.2) is 16.1 Å². The van der Waals surface area contributed by atoms with Crippen LogP contribution >= 0.6 is 23.2 Å². The van der Waals surface area contributed by atoms with E-state index in [-0.39, 0.29) is 10.6 Å². The average molecular weight is 270 g/mol. The summed E-state index contributed by atoms with van der Waals surface area (Å²) in [4.78, 5) is 15.5. The quantitative estimate of drug-likeness (QED) is 0.902. The van der Waals surface area contributed by atoms with Gasteiger partial charge in [-0.2, -0.15) is 0 Å². The van der Waals surface area contributed by atoms with Gasteiger partial charge in [0.25, 0.3) is 0 Å². The Hall–Kier alpha value is -1.32. The van der Waals surface area contributed by atoms with Crippen molar-refractivity contribution in [1.29, 1.82) is 0 Å². The lowest BCUT2D eigenvalue weighted by molar-refractivity contribution is 0.0695. The molecule has 0 bridgehead atoms. The molecule has 1 aromatic heterocycles. The molecule has 88 valence electrons. The zero-order valence-corrected chi connectivity index (χ0v) is 10.5. The molecular formula is C12H9Cl2NO2. The van der Waals surface area contributed by atoms with Crippen molar-refractivity contribution >= 4 is 40.1 Å². The number of benzene rings is 1. The molecule has 2 rings (SSSR count). The van der Waals surface area contributed by atoms with E-state index in [1.165, 1.54) is 0 Å². The molecule has 0 aliphatic heterocycles. The molecule has 2 aromatic rings. The summed E-state index contributed by atoms with van der Waals surface area (Å²) in [5.41, 5.74) is 1.05. The number of fused-ring (bicyclic) bond motifs is 1. The van der Waals surface area contributed by atoms with Crippen LogP contribution in [0, 0.1) is 0 Å². The van der Waals surface area contributed by atoms with Gasteiger partial charge in [-0.15, -0.1) is 0 Å². The van der Waals surface area contributed by atoms with Crippen LogP contribution in [0.2, 0.25) is 10.0 Å². The van der Waals surface area contributed by atoms with Crippen LogP contribution in [-0.2, 0) is 6.42 Å². The third-order valence-corrected chi connectivity index (χ3v) is 3.22. The molecular weight excluding hydrogens is 261 g/mol. The number of aromatic nitrogens is 1. The lowest BCUT2D eigenvalue weighted by Crippen LogP contribution is -2.06. The first-order valence-corrected chi connectivity index (χ1v) is 5.81. The van der Waals surface area contributed by atoms with Gasteiger partial charge in [0.2, 0.25) is 0 Å². The number of carboxylic acids is 1. The Morgan fingerprint density at radius 3 is 2.71 bits per heavy atom. The van der Waals surface area contributed by atoms with Crippen LogP contribution in [0.25, 0.3) is 10.9 Å². The topological polar surface area (TPSA) is 50.2 Å². The van der Waals surface area contributed by atoms with E-state index in [1.807, 2.05) is 6.92 Å². The fourth-order valence-corrected chi connectivity index (χ4v) is 2.29. The maximum absolute atomic E-state index is 11.2. The molecule has 0 aliphatic carbocycles. The number of carboxylic acid groups (broad SMARTS) is 1. The van der Waals surface area contributed by atoms with Gasteiger partial charge in [0, 0.05) is 5.39 Å². The molecule has 0 saturated heterocycles. The first-order valence-electron chi connectivity index (χ1n) is 5.06. The Morgan fingerprint density at radius 2 is 2.12 bits per heavy atom. The standard InChI is InChI=1S/C12H9Cl2NO2/c1-2-8-9(12(16)17)10(14)6-4-3-5-7(13)11(6)15-8/h3-5H,2H2,1H3,(H,16,17). The number of halogens is 2. The maximum atomic E-state index is 11.2. The zero-order chi connectivity index (χ0) is 12.6. The summed E-state index contributed by atoms with van der Waals surface area (Å²) in [7, 11) is 0. The predicted molar refractivity (Wildman–Crippen MR) is 68.1 cm³/mol. The van der Waals surface area contributed by atoms with E-state index in [2.05, 4.69) is 4.98 Å². The van der Waals surface area contributed by atoms with Crippen molar-refractivity contribution in [3.8, 4) is 0 Å². The van der Waals surface area contributed by atoms with Crippen LogP contribution in [0.4, 0.5) is 0 Å². The minimum Gasteiger partial charge on any atom is -0.478 e. The van der Waals surface area contributed by atoms with Gasteiger partial charge in [0.1, 0.15) is 5.56 Å². The van der Waals surface area contributed by atoms with Gasteiger partial charge < -0.3 is 5.11 Å². The number of carbonyl (C=O) groups is 1. The number of hydrogen-bond acceptors (Lipinski definition) is 2. The smallest absolute Gasteiger partial charge is 0.339 e. The highest BCUT2D eigenvalue weighted by Gasteiger charge is 2.19. The summed E-state index contributed by atoms with van der Waals surface area (Å²) in [6.45, 7) is 1.83. The van der Waals surface area contributed by atoms with Crippen LogP contribution in [0.3, 0.4) is 0 Å². The van der Waals surface area contributed by atoms with E-state index in [0.29, 0.717) is 28.0 Å². The predicted octanol–water partition coefficient (Wildman–Crippen LogP) is 3.80. The molecule has 5 heteroatoms. The number of nitrogens with zero attached hydrogens (tertiary/aromatic N) is 1. The number of aryl methyl sites for hydroxylation is 1. The minimum atomic E-state index is -1.07. The van der Waals surface area contributed by atoms with Crippen LogP contribution < -0.4 is 0 Å². The lowest BCUT2D eigenvalue weighted by atomic mass is 10.1. The fourth-order valence-electron chi connectivity index (χ4n) is 1.73. The highest BCUT2D eigenvalue weighted by Crippen LogP contribution is 2.32.